The highest BCUT2D eigenvalue weighted by Gasteiger charge is 2.54. The summed E-state index contributed by atoms with van der Waals surface area (Å²) in [6.45, 7) is 9.61. The van der Waals surface area contributed by atoms with E-state index in [-0.39, 0.29) is 29.0 Å². The molecule has 2 bridgehead atoms. The van der Waals surface area contributed by atoms with Crippen LogP contribution in [0.15, 0.2) is 12.2 Å². The SMILES string of the molecule is C=C(C(=O)OC)[C@@H]1C[C@@H]2O[C@@H]1C(=O)[C@H](C)CCC[C@]1(C)O[C@H]1CC[C@@]2(C)O. The quantitative estimate of drug-likeness (QED) is 0.450. The van der Waals surface area contributed by atoms with Crippen molar-refractivity contribution in [1.29, 1.82) is 0 Å². The molecule has 3 aliphatic heterocycles. The van der Waals surface area contributed by atoms with Gasteiger partial charge in [0.15, 0.2) is 5.78 Å². The summed E-state index contributed by atoms with van der Waals surface area (Å²) in [6.07, 6.45) is 3.07. The van der Waals surface area contributed by atoms with Crippen LogP contribution in [0.1, 0.15) is 59.3 Å². The Labute approximate surface area is 161 Å². The number of aliphatic hydroxyl groups is 1. The van der Waals surface area contributed by atoms with E-state index in [2.05, 4.69) is 13.5 Å². The number of hydrogen-bond donors (Lipinski definition) is 1. The number of carbonyl (C=O) groups is 2. The Balaban J connectivity index is 1.85. The van der Waals surface area contributed by atoms with Gasteiger partial charge in [-0.25, -0.2) is 4.79 Å². The molecule has 6 nitrogen and oxygen atoms in total. The van der Waals surface area contributed by atoms with Crippen LogP contribution in [0.5, 0.6) is 0 Å². The van der Waals surface area contributed by atoms with Crippen LogP contribution in [0, 0.1) is 11.8 Å². The van der Waals surface area contributed by atoms with Crippen LogP contribution in [0.25, 0.3) is 0 Å². The van der Waals surface area contributed by atoms with Crippen molar-refractivity contribution in [3.05, 3.63) is 12.2 Å². The van der Waals surface area contributed by atoms with Gasteiger partial charge in [0.05, 0.1) is 30.5 Å². The molecule has 1 N–H and O–H groups in total. The van der Waals surface area contributed by atoms with Gasteiger partial charge in [0, 0.05) is 17.4 Å². The van der Waals surface area contributed by atoms with Gasteiger partial charge in [-0.05, 0) is 52.4 Å². The molecule has 3 heterocycles. The monoisotopic (exact) mass is 380 g/mol. The van der Waals surface area contributed by atoms with Gasteiger partial charge in [-0.15, -0.1) is 0 Å². The van der Waals surface area contributed by atoms with E-state index in [1.165, 1.54) is 7.11 Å². The minimum absolute atomic E-state index is 0.0268. The number of rotatable bonds is 2. The third-order valence-electron chi connectivity index (χ3n) is 6.76. The molecule has 6 heteroatoms. The lowest BCUT2D eigenvalue weighted by atomic mass is 9.81. The molecule has 7 atom stereocenters. The first-order valence-corrected chi connectivity index (χ1v) is 9.95. The van der Waals surface area contributed by atoms with Crippen LogP contribution in [0.4, 0.5) is 0 Å². The minimum Gasteiger partial charge on any atom is -0.466 e. The molecule has 152 valence electrons. The summed E-state index contributed by atoms with van der Waals surface area (Å²) in [4.78, 5) is 25.1. The van der Waals surface area contributed by atoms with Gasteiger partial charge in [0.1, 0.15) is 6.10 Å². The number of fused-ring (bicyclic) bond motifs is 3. The predicted molar refractivity (Wildman–Crippen MR) is 99.1 cm³/mol. The Kier molecular flexibility index (Phi) is 5.54. The second-order valence-electron chi connectivity index (χ2n) is 8.91. The number of methoxy groups -OCH3 is 1. The van der Waals surface area contributed by atoms with Crippen molar-refractivity contribution in [2.45, 2.75) is 88.8 Å². The molecule has 0 aliphatic carbocycles. The van der Waals surface area contributed by atoms with Gasteiger partial charge >= 0.3 is 5.97 Å². The molecule has 0 aromatic carbocycles. The Morgan fingerprint density at radius 2 is 1.96 bits per heavy atom. The van der Waals surface area contributed by atoms with Crippen molar-refractivity contribution in [3.63, 3.8) is 0 Å². The average molecular weight is 380 g/mol. The fourth-order valence-corrected chi connectivity index (χ4v) is 4.60. The van der Waals surface area contributed by atoms with E-state index >= 15 is 0 Å². The van der Waals surface area contributed by atoms with Crippen LogP contribution in [0.2, 0.25) is 0 Å². The molecule has 3 saturated heterocycles. The molecule has 0 aromatic heterocycles. The van der Waals surface area contributed by atoms with Gasteiger partial charge in [0.2, 0.25) is 0 Å². The number of epoxide rings is 1. The van der Waals surface area contributed by atoms with Crippen molar-refractivity contribution >= 4 is 11.8 Å². The molecule has 0 unspecified atom stereocenters. The van der Waals surface area contributed by atoms with Gasteiger partial charge < -0.3 is 19.3 Å². The largest absolute Gasteiger partial charge is 0.466 e. The van der Waals surface area contributed by atoms with E-state index in [0.717, 1.165) is 25.7 Å². The smallest absolute Gasteiger partial charge is 0.333 e. The van der Waals surface area contributed by atoms with Crippen LogP contribution in [0.3, 0.4) is 0 Å². The van der Waals surface area contributed by atoms with Crippen molar-refractivity contribution in [3.8, 4) is 0 Å². The van der Waals surface area contributed by atoms with Crippen LogP contribution in [-0.2, 0) is 23.8 Å². The summed E-state index contributed by atoms with van der Waals surface area (Å²) in [6, 6.07) is 0. The van der Waals surface area contributed by atoms with Crippen molar-refractivity contribution in [2.24, 2.45) is 11.8 Å². The summed E-state index contributed by atoms with van der Waals surface area (Å²) in [5, 5.41) is 11.0. The summed E-state index contributed by atoms with van der Waals surface area (Å²) >= 11 is 0. The highest BCUT2D eigenvalue weighted by molar-refractivity contribution is 5.92. The van der Waals surface area contributed by atoms with E-state index in [1.54, 1.807) is 6.92 Å². The van der Waals surface area contributed by atoms with Crippen molar-refractivity contribution in [1.82, 2.24) is 0 Å². The van der Waals surface area contributed by atoms with Crippen LogP contribution >= 0.6 is 0 Å². The number of esters is 1. The highest BCUT2D eigenvalue weighted by atomic mass is 16.6. The number of Topliss-reactive ketones (excluding diaryl/α,β-unsaturated/α-hetero) is 1. The van der Waals surface area contributed by atoms with E-state index in [9.17, 15) is 14.7 Å². The Morgan fingerprint density at radius 1 is 1.26 bits per heavy atom. The zero-order chi connectivity index (χ0) is 20.0. The number of ether oxygens (including phenoxy) is 3. The fourth-order valence-electron chi connectivity index (χ4n) is 4.60. The second kappa shape index (κ2) is 7.30. The first-order chi connectivity index (χ1) is 12.6. The molecule has 3 aliphatic rings. The van der Waals surface area contributed by atoms with E-state index in [4.69, 9.17) is 14.2 Å². The first kappa shape index (κ1) is 20.5. The van der Waals surface area contributed by atoms with Gasteiger partial charge in [-0.2, -0.15) is 0 Å². The molecule has 27 heavy (non-hydrogen) atoms. The Morgan fingerprint density at radius 3 is 2.63 bits per heavy atom. The van der Waals surface area contributed by atoms with E-state index < -0.39 is 29.7 Å². The third kappa shape index (κ3) is 3.98. The summed E-state index contributed by atoms with van der Waals surface area (Å²) in [5.74, 6) is -1.21. The van der Waals surface area contributed by atoms with Crippen LogP contribution in [-0.4, -0.2) is 53.5 Å². The lowest BCUT2D eigenvalue weighted by Crippen LogP contribution is -2.40. The summed E-state index contributed by atoms with van der Waals surface area (Å²) < 4.78 is 16.7. The van der Waals surface area contributed by atoms with Crippen LogP contribution < -0.4 is 0 Å². The molecule has 0 aromatic rings. The van der Waals surface area contributed by atoms with E-state index in [1.807, 2.05) is 6.92 Å². The maximum absolute atomic E-state index is 13.1. The molecule has 3 rings (SSSR count). The minimum atomic E-state index is -1.10. The third-order valence-corrected chi connectivity index (χ3v) is 6.76. The normalized spacial score (nSPS) is 45.1. The van der Waals surface area contributed by atoms with Crippen molar-refractivity contribution < 1.29 is 28.9 Å². The zero-order valence-electron chi connectivity index (χ0n) is 16.8. The molecular formula is C21H32O6. The number of carbonyl (C=O) groups excluding carboxylic acids is 2. The summed E-state index contributed by atoms with van der Waals surface area (Å²) in [5.41, 5.74) is -0.992. The second-order valence-corrected chi connectivity index (χ2v) is 8.91. The zero-order valence-corrected chi connectivity index (χ0v) is 16.8. The van der Waals surface area contributed by atoms with Gasteiger partial charge in [-0.3, -0.25) is 4.79 Å². The molecule has 3 fully saturated rings. The molecule has 0 saturated carbocycles. The first-order valence-electron chi connectivity index (χ1n) is 9.95. The van der Waals surface area contributed by atoms with E-state index in [0.29, 0.717) is 12.8 Å². The topological polar surface area (TPSA) is 85.4 Å². The molecule has 0 radical (unpaired) electrons. The molecule has 0 spiro atoms. The fraction of sp³-hybridized carbons (Fsp3) is 0.810. The molecular weight excluding hydrogens is 348 g/mol. The standard InChI is InChI=1S/C21H32O6/c1-12-7-6-9-21(4)15(27-21)8-10-20(3,24)16-11-14(13(2)19(23)25-5)18(26-16)17(12)22/h12,14-16,18,24H,2,6-11H2,1,3-5H3/t12-,14+,15+,16+,18+,20-,21+/m1/s1. The maximum atomic E-state index is 13.1. The summed E-state index contributed by atoms with van der Waals surface area (Å²) in [7, 11) is 1.30. The van der Waals surface area contributed by atoms with Crippen molar-refractivity contribution in [2.75, 3.05) is 7.11 Å². The Hall–Kier alpha value is -1.24. The van der Waals surface area contributed by atoms with Gasteiger partial charge in [0.25, 0.3) is 0 Å². The highest BCUT2D eigenvalue weighted by Crippen LogP contribution is 2.46. The maximum Gasteiger partial charge on any atom is 0.333 e. The Bertz CT molecular complexity index is 626. The number of hydrogen-bond acceptors (Lipinski definition) is 6. The lowest BCUT2D eigenvalue weighted by molar-refractivity contribution is -0.144. The average Bonchev–Trinajstić information content (AvgIpc) is 3.06. The molecule has 0 amide bonds. The lowest BCUT2D eigenvalue weighted by Gasteiger charge is -2.30. The number of ketones is 1. The van der Waals surface area contributed by atoms with Gasteiger partial charge in [-0.1, -0.05) is 13.5 Å². The predicted octanol–water partition coefficient (Wildman–Crippen LogP) is 2.57.